The van der Waals surface area contributed by atoms with E-state index in [4.69, 9.17) is 4.84 Å². The predicted octanol–water partition coefficient (Wildman–Crippen LogP) is 4.01. The number of anilines is 1. The topological polar surface area (TPSA) is 53.9 Å². The molecule has 176 valence electrons. The lowest BCUT2D eigenvalue weighted by atomic mass is 9.72. The predicted molar refractivity (Wildman–Crippen MR) is 122 cm³/mol. The third-order valence-corrected chi connectivity index (χ3v) is 6.21. The zero-order chi connectivity index (χ0) is 23.7. The van der Waals surface area contributed by atoms with E-state index < -0.39 is 11.6 Å². The first-order valence-electron chi connectivity index (χ1n) is 11.1. The number of pyridine rings is 2. The summed E-state index contributed by atoms with van der Waals surface area (Å²) in [6.45, 7) is 6.46. The van der Waals surface area contributed by atoms with Crippen LogP contribution in [0.1, 0.15) is 23.7 Å². The number of rotatable bonds is 7. The van der Waals surface area contributed by atoms with Crippen molar-refractivity contribution in [3.8, 4) is 0 Å². The van der Waals surface area contributed by atoms with Crippen molar-refractivity contribution in [3.05, 3.63) is 89.3 Å². The first-order chi connectivity index (χ1) is 16.5. The third-order valence-electron chi connectivity index (χ3n) is 6.21. The number of aromatic nitrogens is 2. The highest BCUT2D eigenvalue weighted by atomic mass is 19.2. The fraction of sp³-hybridized carbons (Fsp3) is 0.320. The van der Waals surface area contributed by atoms with Crippen LogP contribution < -0.4 is 4.90 Å². The number of hydrogen-bond acceptors (Lipinski definition) is 6. The van der Waals surface area contributed by atoms with Crippen LogP contribution in [0.25, 0.3) is 0 Å². The van der Waals surface area contributed by atoms with E-state index >= 15 is 0 Å². The Morgan fingerprint density at radius 2 is 1.82 bits per heavy atom. The first kappa shape index (κ1) is 22.3. The lowest BCUT2D eigenvalue weighted by molar-refractivity contribution is -0.0276. The van der Waals surface area contributed by atoms with E-state index in [9.17, 15) is 13.2 Å². The highest BCUT2D eigenvalue weighted by Gasteiger charge is 2.51. The van der Waals surface area contributed by atoms with Crippen LogP contribution in [0.3, 0.4) is 0 Å². The monoisotopic (exact) mass is 467 g/mol. The summed E-state index contributed by atoms with van der Waals surface area (Å²) in [7, 11) is 0. The van der Waals surface area contributed by atoms with Gasteiger partial charge in [0.05, 0.1) is 17.6 Å². The summed E-state index contributed by atoms with van der Waals surface area (Å²) >= 11 is 0. The van der Waals surface area contributed by atoms with Gasteiger partial charge < -0.3 is 9.74 Å². The molecule has 4 heterocycles. The van der Waals surface area contributed by atoms with Gasteiger partial charge >= 0.3 is 0 Å². The van der Waals surface area contributed by atoms with Crippen molar-refractivity contribution in [2.75, 3.05) is 37.7 Å². The third kappa shape index (κ3) is 4.35. The van der Waals surface area contributed by atoms with Crippen molar-refractivity contribution in [1.29, 1.82) is 0 Å². The van der Waals surface area contributed by atoms with Crippen molar-refractivity contribution < 1.29 is 18.0 Å². The molecule has 2 aliphatic rings. The van der Waals surface area contributed by atoms with Gasteiger partial charge in [0.1, 0.15) is 12.3 Å². The Balaban J connectivity index is 1.20. The van der Waals surface area contributed by atoms with E-state index in [-0.39, 0.29) is 11.2 Å². The Bertz CT molecular complexity index is 1200. The fourth-order valence-corrected chi connectivity index (χ4v) is 4.71. The van der Waals surface area contributed by atoms with Gasteiger partial charge in [0.25, 0.3) is 0 Å². The van der Waals surface area contributed by atoms with E-state index in [2.05, 4.69) is 24.9 Å². The van der Waals surface area contributed by atoms with Crippen LogP contribution in [0.4, 0.5) is 18.9 Å². The van der Waals surface area contributed by atoms with Gasteiger partial charge in [-0.15, -0.1) is 0 Å². The van der Waals surface area contributed by atoms with Crippen LogP contribution in [0.2, 0.25) is 0 Å². The Kier molecular flexibility index (Phi) is 5.95. The van der Waals surface area contributed by atoms with Crippen molar-refractivity contribution in [3.63, 3.8) is 0 Å². The molecule has 3 aromatic rings. The van der Waals surface area contributed by atoms with E-state index in [1.807, 2.05) is 6.07 Å². The van der Waals surface area contributed by atoms with E-state index in [0.717, 1.165) is 50.4 Å². The van der Waals surface area contributed by atoms with Crippen LogP contribution in [0.15, 0.2) is 60.1 Å². The van der Waals surface area contributed by atoms with Gasteiger partial charge in [-0.3, -0.25) is 14.9 Å². The molecule has 6 nitrogen and oxygen atoms in total. The average Bonchev–Trinajstić information content (AvgIpc) is 2.78. The normalized spacial score (nSPS) is 17.4. The molecule has 2 aliphatic heterocycles. The lowest BCUT2D eigenvalue weighted by Gasteiger charge is -2.61. The minimum atomic E-state index is -0.953. The van der Waals surface area contributed by atoms with Crippen molar-refractivity contribution in [2.24, 2.45) is 10.6 Å². The van der Waals surface area contributed by atoms with Crippen molar-refractivity contribution in [2.45, 2.75) is 13.5 Å². The molecule has 0 unspecified atom stereocenters. The summed E-state index contributed by atoms with van der Waals surface area (Å²) in [6.07, 6.45) is 4.63. The molecule has 1 spiro atoms. The van der Waals surface area contributed by atoms with Crippen LogP contribution in [0.5, 0.6) is 0 Å². The average molecular weight is 467 g/mol. The molecule has 0 N–H and O–H groups in total. The molecule has 0 amide bonds. The Hall–Kier alpha value is -3.46. The summed E-state index contributed by atoms with van der Waals surface area (Å²) in [6, 6.07) is 9.07. The standard InChI is InChI=1S/C25H24F3N5O/c1-2-34-31-24(18-4-5-19(26)20(27)9-18)22-6-3-17(10-30-22)12-32-13-25(14-32)15-33(16-25)23-7-8-29-11-21(23)28/h3-11H,2,12-16H2,1H3/b31-24+. The van der Waals surface area contributed by atoms with Crippen molar-refractivity contribution >= 4 is 11.4 Å². The molecule has 5 rings (SSSR count). The van der Waals surface area contributed by atoms with Gasteiger partial charge in [0.15, 0.2) is 17.5 Å². The molecule has 0 saturated carbocycles. The van der Waals surface area contributed by atoms with Crippen LogP contribution in [0, 0.1) is 22.9 Å². The van der Waals surface area contributed by atoms with Gasteiger partial charge in [-0.05, 0) is 42.8 Å². The molecule has 2 fully saturated rings. The highest BCUT2D eigenvalue weighted by molar-refractivity contribution is 6.11. The lowest BCUT2D eigenvalue weighted by Crippen LogP contribution is -2.72. The fourth-order valence-electron chi connectivity index (χ4n) is 4.71. The summed E-state index contributed by atoms with van der Waals surface area (Å²) in [5.41, 5.74) is 3.11. The number of nitrogens with zero attached hydrogens (tertiary/aromatic N) is 5. The Morgan fingerprint density at radius 3 is 2.50 bits per heavy atom. The summed E-state index contributed by atoms with van der Waals surface area (Å²) in [4.78, 5) is 17.9. The molecule has 1 aromatic carbocycles. The molecule has 2 aromatic heterocycles. The minimum absolute atomic E-state index is 0.215. The maximum absolute atomic E-state index is 13.9. The van der Waals surface area contributed by atoms with E-state index in [1.54, 1.807) is 31.5 Å². The van der Waals surface area contributed by atoms with E-state index in [1.165, 1.54) is 12.3 Å². The zero-order valence-corrected chi connectivity index (χ0v) is 18.7. The van der Waals surface area contributed by atoms with Gasteiger partial charge in [0, 0.05) is 56.1 Å². The molecular formula is C25H24F3N5O. The van der Waals surface area contributed by atoms with Crippen LogP contribution in [-0.2, 0) is 11.4 Å². The summed E-state index contributed by atoms with van der Waals surface area (Å²) < 4.78 is 41.0. The molecular weight excluding hydrogens is 443 g/mol. The molecule has 9 heteroatoms. The second-order valence-corrected chi connectivity index (χ2v) is 8.87. The second-order valence-electron chi connectivity index (χ2n) is 8.87. The van der Waals surface area contributed by atoms with Gasteiger partial charge in [0.2, 0.25) is 0 Å². The molecule has 0 aliphatic carbocycles. The number of oxime groups is 1. The van der Waals surface area contributed by atoms with Crippen molar-refractivity contribution in [1.82, 2.24) is 14.9 Å². The zero-order valence-electron chi connectivity index (χ0n) is 18.7. The molecule has 34 heavy (non-hydrogen) atoms. The maximum Gasteiger partial charge on any atom is 0.164 e. The molecule has 2 saturated heterocycles. The van der Waals surface area contributed by atoms with Crippen LogP contribution in [-0.4, -0.2) is 53.4 Å². The molecule has 0 radical (unpaired) electrons. The number of hydrogen-bond donors (Lipinski definition) is 0. The molecule has 0 atom stereocenters. The highest BCUT2D eigenvalue weighted by Crippen LogP contribution is 2.42. The second kappa shape index (κ2) is 9.06. The quantitative estimate of drug-likeness (QED) is 0.388. The van der Waals surface area contributed by atoms with E-state index in [0.29, 0.717) is 29.3 Å². The first-order valence-corrected chi connectivity index (χ1v) is 11.1. The smallest absolute Gasteiger partial charge is 0.164 e. The Labute approximate surface area is 195 Å². The Morgan fingerprint density at radius 1 is 1.00 bits per heavy atom. The van der Waals surface area contributed by atoms with Gasteiger partial charge in [-0.2, -0.15) is 0 Å². The van der Waals surface area contributed by atoms with Gasteiger partial charge in [-0.1, -0.05) is 11.2 Å². The minimum Gasteiger partial charge on any atom is -0.396 e. The number of likely N-dealkylation sites (tertiary alicyclic amines) is 1. The summed E-state index contributed by atoms with van der Waals surface area (Å²) in [5, 5.41) is 4.07. The SMILES string of the molecule is CCO/N=C(\c1ccc(F)c(F)c1)c1ccc(CN2CC3(C2)CN(c2ccncc2F)C3)cn1. The van der Waals surface area contributed by atoms with Gasteiger partial charge in [-0.25, -0.2) is 13.2 Å². The molecule has 0 bridgehead atoms. The maximum atomic E-state index is 13.9. The number of halogens is 3. The van der Waals surface area contributed by atoms with Crippen LogP contribution >= 0.6 is 0 Å². The summed E-state index contributed by atoms with van der Waals surface area (Å²) in [5.74, 6) is -2.16. The largest absolute Gasteiger partial charge is 0.396 e. The number of benzene rings is 1.